The topological polar surface area (TPSA) is 24.5 Å². The summed E-state index contributed by atoms with van der Waals surface area (Å²) < 4.78 is 5.60. The van der Waals surface area contributed by atoms with Crippen LogP contribution in [-0.4, -0.2) is 37.7 Å². The second-order valence-corrected chi connectivity index (χ2v) is 4.32. The number of anilines is 1. The lowest BCUT2D eigenvalue weighted by Gasteiger charge is -2.17. The molecule has 0 bridgehead atoms. The van der Waals surface area contributed by atoms with Crippen molar-refractivity contribution in [3.63, 3.8) is 0 Å². The highest BCUT2D eigenvalue weighted by atomic mass is 16.5. The average Bonchev–Trinajstić information content (AvgIpc) is 2.67. The van der Waals surface area contributed by atoms with Gasteiger partial charge in [-0.05, 0) is 39.1 Å². The van der Waals surface area contributed by atoms with Crippen LogP contribution in [0.2, 0.25) is 0 Å². The van der Waals surface area contributed by atoms with Gasteiger partial charge in [-0.1, -0.05) is 12.1 Å². The summed E-state index contributed by atoms with van der Waals surface area (Å²) in [7, 11) is 2.16. The molecule has 1 heterocycles. The van der Waals surface area contributed by atoms with E-state index in [1.807, 2.05) is 25.1 Å². The van der Waals surface area contributed by atoms with E-state index < -0.39 is 0 Å². The van der Waals surface area contributed by atoms with Crippen LogP contribution in [0.4, 0.5) is 5.69 Å². The smallest absolute Gasteiger partial charge is 0.142 e. The van der Waals surface area contributed by atoms with Crippen molar-refractivity contribution in [3.8, 4) is 5.75 Å². The van der Waals surface area contributed by atoms with Gasteiger partial charge in [-0.15, -0.1) is 0 Å². The van der Waals surface area contributed by atoms with E-state index in [4.69, 9.17) is 4.74 Å². The van der Waals surface area contributed by atoms with Crippen molar-refractivity contribution in [2.45, 2.75) is 19.4 Å². The highest BCUT2D eigenvalue weighted by Gasteiger charge is 2.19. The third kappa shape index (κ3) is 2.67. The van der Waals surface area contributed by atoms with Crippen molar-refractivity contribution in [1.82, 2.24) is 4.90 Å². The van der Waals surface area contributed by atoms with E-state index in [1.54, 1.807) is 0 Å². The third-order valence-electron chi connectivity index (χ3n) is 2.94. The molecule has 3 nitrogen and oxygen atoms in total. The maximum Gasteiger partial charge on any atom is 0.142 e. The lowest BCUT2D eigenvalue weighted by Crippen LogP contribution is -2.23. The number of benzene rings is 1. The van der Waals surface area contributed by atoms with Crippen LogP contribution in [0.1, 0.15) is 13.3 Å². The van der Waals surface area contributed by atoms with Gasteiger partial charge in [-0.3, -0.25) is 0 Å². The molecule has 0 spiro atoms. The van der Waals surface area contributed by atoms with Gasteiger partial charge in [0.25, 0.3) is 0 Å². The molecule has 1 fully saturated rings. The van der Waals surface area contributed by atoms with Gasteiger partial charge in [0.15, 0.2) is 0 Å². The Bertz CT molecular complexity index is 340. The van der Waals surface area contributed by atoms with Crippen LogP contribution in [0.3, 0.4) is 0 Å². The predicted octanol–water partition coefficient (Wildman–Crippen LogP) is 2.20. The maximum atomic E-state index is 5.60. The quantitative estimate of drug-likeness (QED) is 0.842. The van der Waals surface area contributed by atoms with Gasteiger partial charge in [0.1, 0.15) is 5.75 Å². The number of nitrogens with one attached hydrogen (secondary N) is 1. The van der Waals surface area contributed by atoms with Gasteiger partial charge >= 0.3 is 0 Å². The highest BCUT2D eigenvalue weighted by molar-refractivity contribution is 5.56. The molecule has 88 valence electrons. The standard InChI is InChI=1S/C13H20N2O/c1-3-16-13-7-5-4-6-12(13)14-11-8-9-15(2)10-11/h4-7,11,14H,3,8-10H2,1-2H3. The van der Waals surface area contributed by atoms with Gasteiger partial charge in [0.2, 0.25) is 0 Å². The van der Waals surface area contributed by atoms with Crippen LogP contribution in [0.25, 0.3) is 0 Å². The fraction of sp³-hybridized carbons (Fsp3) is 0.538. The SMILES string of the molecule is CCOc1ccccc1NC1CCN(C)C1. The number of nitrogens with zero attached hydrogens (tertiary/aromatic N) is 1. The molecule has 0 saturated carbocycles. The molecule has 0 radical (unpaired) electrons. The molecule has 0 aromatic heterocycles. The highest BCUT2D eigenvalue weighted by Crippen LogP contribution is 2.25. The number of likely N-dealkylation sites (tertiary alicyclic amines) is 1. The maximum absolute atomic E-state index is 5.60. The summed E-state index contributed by atoms with van der Waals surface area (Å²) in [6, 6.07) is 8.71. The van der Waals surface area contributed by atoms with Crippen molar-refractivity contribution in [3.05, 3.63) is 24.3 Å². The van der Waals surface area contributed by atoms with Crippen LogP contribution in [0, 0.1) is 0 Å². The molecule has 2 rings (SSSR count). The van der Waals surface area contributed by atoms with E-state index in [1.165, 1.54) is 13.0 Å². The molecule has 1 unspecified atom stereocenters. The molecule has 1 aromatic rings. The number of ether oxygens (including phenoxy) is 1. The Morgan fingerprint density at radius 1 is 1.44 bits per heavy atom. The first kappa shape index (κ1) is 11.3. The molecule has 0 amide bonds. The van der Waals surface area contributed by atoms with E-state index in [9.17, 15) is 0 Å². The van der Waals surface area contributed by atoms with E-state index in [2.05, 4.69) is 23.3 Å². The van der Waals surface area contributed by atoms with Crippen LogP contribution in [0.15, 0.2) is 24.3 Å². The zero-order valence-corrected chi connectivity index (χ0v) is 10.1. The number of para-hydroxylation sites is 2. The van der Waals surface area contributed by atoms with Crippen LogP contribution in [-0.2, 0) is 0 Å². The Morgan fingerprint density at radius 3 is 2.94 bits per heavy atom. The molecule has 1 aromatic carbocycles. The van der Waals surface area contributed by atoms with Gasteiger partial charge in [-0.2, -0.15) is 0 Å². The third-order valence-corrected chi connectivity index (χ3v) is 2.94. The monoisotopic (exact) mass is 220 g/mol. The lowest BCUT2D eigenvalue weighted by molar-refractivity contribution is 0.341. The number of hydrogen-bond acceptors (Lipinski definition) is 3. The molecule has 1 aliphatic rings. The fourth-order valence-corrected chi connectivity index (χ4v) is 2.14. The summed E-state index contributed by atoms with van der Waals surface area (Å²) in [6.45, 7) is 5.01. The number of hydrogen-bond donors (Lipinski definition) is 1. The zero-order chi connectivity index (χ0) is 11.4. The molecular formula is C13H20N2O. The van der Waals surface area contributed by atoms with Crippen molar-refractivity contribution in [2.75, 3.05) is 32.1 Å². The molecule has 16 heavy (non-hydrogen) atoms. The minimum Gasteiger partial charge on any atom is -0.492 e. The molecular weight excluding hydrogens is 200 g/mol. The molecule has 1 N–H and O–H groups in total. The second-order valence-electron chi connectivity index (χ2n) is 4.32. The van der Waals surface area contributed by atoms with Crippen molar-refractivity contribution in [1.29, 1.82) is 0 Å². The van der Waals surface area contributed by atoms with E-state index in [0.717, 1.165) is 18.0 Å². The largest absolute Gasteiger partial charge is 0.492 e. The van der Waals surface area contributed by atoms with E-state index in [0.29, 0.717) is 12.6 Å². The van der Waals surface area contributed by atoms with Crippen LogP contribution in [0.5, 0.6) is 5.75 Å². The first-order valence-corrected chi connectivity index (χ1v) is 5.96. The zero-order valence-electron chi connectivity index (χ0n) is 10.1. The Balaban J connectivity index is 2.02. The second kappa shape index (κ2) is 5.21. The number of rotatable bonds is 4. The summed E-state index contributed by atoms with van der Waals surface area (Å²) in [4.78, 5) is 2.35. The van der Waals surface area contributed by atoms with Gasteiger partial charge in [-0.25, -0.2) is 0 Å². The molecule has 1 aliphatic heterocycles. The van der Waals surface area contributed by atoms with Gasteiger partial charge < -0.3 is 15.0 Å². The summed E-state index contributed by atoms with van der Waals surface area (Å²) in [5.41, 5.74) is 1.12. The van der Waals surface area contributed by atoms with E-state index >= 15 is 0 Å². The first-order chi connectivity index (χ1) is 7.79. The normalized spacial score (nSPS) is 21.0. The molecule has 1 atom stereocenters. The predicted molar refractivity (Wildman–Crippen MR) is 67.1 cm³/mol. The van der Waals surface area contributed by atoms with Crippen molar-refractivity contribution < 1.29 is 4.74 Å². The van der Waals surface area contributed by atoms with Crippen LogP contribution < -0.4 is 10.1 Å². The molecule has 3 heteroatoms. The number of likely N-dealkylation sites (N-methyl/N-ethyl adjacent to an activating group) is 1. The molecule has 0 aliphatic carbocycles. The Morgan fingerprint density at radius 2 is 2.25 bits per heavy atom. The minimum absolute atomic E-state index is 0.548. The molecule has 1 saturated heterocycles. The van der Waals surface area contributed by atoms with Gasteiger partial charge in [0, 0.05) is 12.6 Å². The first-order valence-electron chi connectivity index (χ1n) is 5.96. The summed E-state index contributed by atoms with van der Waals surface area (Å²) >= 11 is 0. The summed E-state index contributed by atoms with van der Waals surface area (Å²) in [6.07, 6.45) is 1.21. The fourth-order valence-electron chi connectivity index (χ4n) is 2.14. The Hall–Kier alpha value is -1.22. The lowest BCUT2D eigenvalue weighted by atomic mass is 10.2. The van der Waals surface area contributed by atoms with Crippen LogP contribution >= 0.6 is 0 Å². The summed E-state index contributed by atoms with van der Waals surface area (Å²) in [5, 5.41) is 3.56. The van der Waals surface area contributed by atoms with Gasteiger partial charge in [0.05, 0.1) is 12.3 Å². The Kier molecular flexibility index (Phi) is 3.67. The minimum atomic E-state index is 0.548. The van der Waals surface area contributed by atoms with Crippen molar-refractivity contribution in [2.24, 2.45) is 0 Å². The van der Waals surface area contributed by atoms with Crippen molar-refractivity contribution >= 4 is 5.69 Å². The average molecular weight is 220 g/mol. The summed E-state index contributed by atoms with van der Waals surface area (Å²) in [5.74, 6) is 0.958. The Labute approximate surface area is 97.4 Å². The van der Waals surface area contributed by atoms with E-state index in [-0.39, 0.29) is 0 Å².